The fourth-order valence-electron chi connectivity index (χ4n) is 0.660. The van der Waals surface area contributed by atoms with Crippen LogP contribution in [0.1, 0.15) is 0 Å². The quantitative estimate of drug-likeness (QED) is 0.699. The van der Waals surface area contributed by atoms with Gasteiger partial charge in [0, 0.05) is 4.90 Å². The molecule has 0 unspecified atom stereocenters. The number of halogens is 2. The van der Waals surface area contributed by atoms with Crippen LogP contribution in [0.4, 0.5) is 8.78 Å². The third-order valence-corrected chi connectivity index (χ3v) is 1.75. The highest BCUT2D eigenvalue weighted by molar-refractivity contribution is 7.99. The maximum atomic E-state index is 11.7. The zero-order valence-electron chi connectivity index (χ0n) is 5.50. The number of phenolic OH excluding ortho intramolecular Hbond substituents is 1. The number of aromatic hydroxyl groups is 1. The molecule has 4 heteroatoms. The lowest BCUT2D eigenvalue weighted by molar-refractivity contribution is 0.252. The number of thioether (sulfide) groups is 1. The van der Waals surface area contributed by atoms with Crippen LogP contribution in [-0.2, 0) is 0 Å². The molecule has 0 atom stereocenters. The molecule has 0 bridgehead atoms. The number of benzene rings is 1. The molecule has 1 aromatic rings. The van der Waals surface area contributed by atoms with E-state index in [2.05, 4.69) is 0 Å². The second kappa shape index (κ2) is 3.57. The Morgan fingerprint density at radius 3 is 2.64 bits per heavy atom. The molecule has 0 heterocycles. The average molecular weight is 176 g/mol. The molecule has 0 spiro atoms. The molecule has 0 aliphatic rings. The Morgan fingerprint density at radius 1 is 1.36 bits per heavy atom. The number of hydrogen-bond acceptors (Lipinski definition) is 2. The van der Waals surface area contributed by atoms with E-state index >= 15 is 0 Å². The van der Waals surface area contributed by atoms with Crippen molar-refractivity contribution >= 4 is 11.8 Å². The third kappa shape index (κ3) is 2.76. The van der Waals surface area contributed by atoms with Crippen LogP contribution in [0.15, 0.2) is 29.2 Å². The van der Waals surface area contributed by atoms with E-state index in [0.29, 0.717) is 16.7 Å². The maximum Gasteiger partial charge on any atom is 0.288 e. The topological polar surface area (TPSA) is 20.2 Å². The van der Waals surface area contributed by atoms with E-state index in [-0.39, 0.29) is 5.75 Å². The van der Waals surface area contributed by atoms with Crippen molar-refractivity contribution in [2.75, 3.05) is 0 Å². The summed E-state index contributed by atoms with van der Waals surface area (Å²) in [5, 5.41) is 8.87. The molecule has 0 saturated carbocycles. The van der Waals surface area contributed by atoms with Crippen molar-refractivity contribution in [3.05, 3.63) is 24.3 Å². The summed E-state index contributed by atoms with van der Waals surface area (Å²) in [6, 6.07) is 5.79. The van der Waals surface area contributed by atoms with Gasteiger partial charge in [-0.05, 0) is 18.2 Å². The highest BCUT2D eigenvalue weighted by Crippen LogP contribution is 2.27. The first-order valence-corrected chi connectivity index (χ1v) is 3.80. The van der Waals surface area contributed by atoms with E-state index in [4.69, 9.17) is 5.11 Å². The SMILES string of the molecule is Oc1cccc(SC(F)F)c1. The number of alkyl halides is 2. The Kier molecular flexibility index (Phi) is 2.70. The lowest BCUT2D eigenvalue weighted by Crippen LogP contribution is -1.80. The number of rotatable bonds is 2. The molecular weight excluding hydrogens is 170 g/mol. The van der Waals surface area contributed by atoms with E-state index in [0.717, 1.165) is 0 Å². The highest BCUT2D eigenvalue weighted by Gasteiger charge is 2.04. The Hall–Kier alpha value is -0.770. The Bertz CT molecular complexity index is 240. The van der Waals surface area contributed by atoms with Crippen molar-refractivity contribution in [1.29, 1.82) is 0 Å². The van der Waals surface area contributed by atoms with Gasteiger partial charge < -0.3 is 5.11 Å². The molecule has 1 nitrogen and oxygen atoms in total. The van der Waals surface area contributed by atoms with Crippen LogP contribution in [0, 0.1) is 0 Å². The normalized spacial score (nSPS) is 10.5. The van der Waals surface area contributed by atoms with Gasteiger partial charge >= 0.3 is 0 Å². The van der Waals surface area contributed by atoms with E-state index in [1.807, 2.05) is 0 Å². The van der Waals surface area contributed by atoms with Crippen LogP contribution >= 0.6 is 11.8 Å². The van der Waals surface area contributed by atoms with Crippen molar-refractivity contribution in [3.63, 3.8) is 0 Å². The molecule has 60 valence electrons. The number of phenols is 1. The van der Waals surface area contributed by atoms with Gasteiger partial charge in [-0.2, -0.15) is 8.78 Å². The fraction of sp³-hybridized carbons (Fsp3) is 0.143. The van der Waals surface area contributed by atoms with Gasteiger partial charge in [0.1, 0.15) is 5.75 Å². The first kappa shape index (κ1) is 8.33. The van der Waals surface area contributed by atoms with Crippen molar-refractivity contribution in [3.8, 4) is 5.75 Å². The van der Waals surface area contributed by atoms with E-state index in [1.54, 1.807) is 0 Å². The van der Waals surface area contributed by atoms with Gasteiger partial charge in [0.15, 0.2) is 0 Å². The van der Waals surface area contributed by atoms with E-state index < -0.39 is 5.76 Å². The fourth-order valence-corrected chi connectivity index (χ4v) is 1.21. The largest absolute Gasteiger partial charge is 0.508 e. The maximum absolute atomic E-state index is 11.7. The standard InChI is InChI=1S/C7H6F2OS/c8-7(9)11-6-3-1-2-5(10)4-6/h1-4,7,10H. The van der Waals surface area contributed by atoms with Crippen LogP contribution in [-0.4, -0.2) is 10.9 Å². The number of hydrogen-bond donors (Lipinski definition) is 1. The first-order valence-electron chi connectivity index (χ1n) is 2.92. The average Bonchev–Trinajstić information content (AvgIpc) is 1.85. The smallest absolute Gasteiger partial charge is 0.288 e. The van der Waals surface area contributed by atoms with Gasteiger partial charge in [-0.15, -0.1) is 0 Å². The predicted octanol–water partition coefficient (Wildman–Crippen LogP) is 2.71. The van der Waals surface area contributed by atoms with Gasteiger partial charge in [-0.1, -0.05) is 17.8 Å². The molecule has 1 rings (SSSR count). The van der Waals surface area contributed by atoms with Crippen LogP contribution in [0.3, 0.4) is 0 Å². The van der Waals surface area contributed by atoms with Crippen LogP contribution in [0.2, 0.25) is 0 Å². The Morgan fingerprint density at radius 2 is 2.09 bits per heavy atom. The summed E-state index contributed by atoms with van der Waals surface area (Å²) in [4.78, 5) is 0.375. The second-order valence-electron chi connectivity index (χ2n) is 1.88. The van der Waals surface area contributed by atoms with Crippen molar-refractivity contribution in [2.24, 2.45) is 0 Å². The van der Waals surface area contributed by atoms with E-state index in [9.17, 15) is 8.78 Å². The molecule has 0 aromatic heterocycles. The summed E-state index contributed by atoms with van der Waals surface area (Å²) < 4.78 is 23.5. The zero-order chi connectivity index (χ0) is 8.27. The van der Waals surface area contributed by atoms with Crippen LogP contribution < -0.4 is 0 Å². The van der Waals surface area contributed by atoms with Gasteiger partial charge in [0.05, 0.1) is 0 Å². The summed E-state index contributed by atoms with van der Waals surface area (Å²) >= 11 is 0.419. The zero-order valence-corrected chi connectivity index (χ0v) is 6.31. The monoisotopic (exact) mass is 176 g/mol. The second-order valence-corrected chi connectivity index (χ2v) is 2.94. The lowest BCUT2D eigenvalue weighted by Gasteiger charge is -1.98. The first-order chi connectivity index (χ1) is 5.18. The third-order valence-electron chi connectivity index (χ3n) is 1.04. The molecule has 0 aliphatic heterocycles. The van der Waals surface area contributed by atoms with Gasteiger partial charge in [-0.25, -0.2) is 0 Å². The van der Waals surface area contributed by atoms with Gasteiger partial charge in [0.25, 0.3) is 5.76 Å². The summed E-state index contributed by atoms with van der Waals surface area (Å²) in [6.45, 7) is 0. The van der Waals surface area contributed by atoms with Gasteiger partial charge in [0.2, 0.25) is 0 Å². The molecule has 1 N–H and O–H groups in total. The molecule has 0 saturated heterocycles. The Balaban J connectivity index is 2.71. The van der Waals surface area contributed by atoms with Crippen molar-refractivity contribution < 1.29 is 13.9 Å². The predicted molar refractivity (Wildman–Crippen MR) is 40.0 cm³/mol. The molecule has 0 amide bonds. The summed E-state index contributed by atoms with van der Waals surface area (Å²) in [5.41, 5.74) is 0. The molecule has 11 heavy (non-hydrogen) atoms. The summed E-state index contributed by atoms with van der Waals surface area (Å²) in [6.07, 6.45) is 0. The van der Waals surface area contributed by atoms with Crippen LogP contribution in [0.5, 0.6) is 5.75 Å². The van der Waals surface area contributed by atoms with Crippen molar-refractivity contribution in [1.82, 2.24) is 0 Å². The highest BCUT2D eigenvalue weighted by atomic mass is 32.2. The van der Waals surface area contributed by atoms with Crippen molar-refractivity contribution in [2.45, 2.75) is 10.7 Å². The Labute approximate surface area is 67.0 Å². The molecular formula is C7H6F2OS. The van der Waals surface area contributed by atoms with Crippen LogP contribution in [0.25, 0.3) is 0 Å². The molecule has 0 aliphatic carbocycles. The lowest BCUT2D eigenvalue weighted by atomic mass is 10.3. The molecule has 1 aromatic carbocycles. The van der Waals surface area contributed by atoms with Gasteiger partial charge in [-0.3, -0.25) is 0 Å². The van der Waals surface area contributed by atoms with E-state index in [1.165, 1.54) is 24.3 Å². The minimum atomic E-state index is -2.43. The summed E-state index contributed by atoms with van der Waals surface area (Å²) in [7, 11) is 0. The summed E-state index contributed by atoms with van der Waals surface area (Å²) in [5.74, 6) is -2.42. The molecule has 0 radical (unpaired) electrons. The molecule has 0 fully saturated rings. The minimum Gasteiger partial charge on any atom is -0.508 e. The minimum absolute atomic E-state index is 0.00986.